The molecule has 7 heteroatoms. The largest absolute Gasteiger partial charge is 0.397 e. The van der Waals surface area contributed by atoms with Gasteiger partial charge in [-0.3, -0.25) is 14.9 Å². The van der Waals surface area contributed by atoms with Gasteiger partial charge in [0.25, 0.3) is 11.6 Å². The summed E-state index contributed by atoms with van der Waals surface area (Å²) < 4.78 is 0. The van der Waals surface area contributed by atoms with Gasteiger partial charge in [-0.2, -0.15) is 0 Å². The van der Waals surface area contributed by atoms with Crippen molar-refractivity contribution in [3.05, 3.63) is 32.8 Å². The molecule has 0 aromatic heterocycles. The third-order valence-corrected chi connectivity index (χ3v) is 4.18. The van der Waals surface area contributed by atoms with Crippen LogP contribution in [0.25, 0.3) is 0 Å². The number of nitro groups is 1. The van der Waals surface area contributed by atoms with Gasteiger partial charge in [0.15, 0.2) is 0 Å². The standard InChI is InChI=1S/C14H18ClN3O3/c1-9-5-3-2-4-6-17(9)14(19)11-7-10(18(20)21)8-12(15)13(11)16/h7-9H,2-6,16H2,1H3. The van der Waals surface area contributed by atoms with Crippen molar-refractivity contribution >= 4 is 28.9 Å². The minimum Gasteiger partial charge on any atom is -0.397 e. The van der Waals surface area contributed by atoms with E-state index in [1.807, 2.05) is 6.92 Å². The number of nitrogen functional groups attached to an aromatic ring is 1. The van der Waals surface area contributed by atoms with E-state index in [0.29, 0.717) is 6.54 Å². The smallest absolute Gasteiger partial charge is 0.271 e. The van der Waals surface area contributed by atoms with Crippen molar-refractivity contribution < 1.29 is 9.72 Å². The number of hydrogen-bond donors (Lipinski definition) is 1. The predicted octanol–water partition coefficient (Wildman–Crippen LogP) is 3.24. The molecule has 0 radical (unpaired) electrons. The predicted molar refractivity (Wildman–Crippen MR) is 81.5 cm³/mol. The molecule has 1 saturated heterocycles. The lowest BCUT2D eigenvalue weighted by molar-refractivity contribution is -0.384. The van der Waals surface area contributed by atoms with Crippen LogP contribution in [0.2, 0.25) is 5.02 Å². The van der Waals surface area contributed by atoms with Crippen LogP contribution in [0.1, 0.15) is 43.0 Å². The van der Waals surface area contributed by atoms with E-state index in [0.717, 1.165) is 25.7 Å². The number of halogens is 1. The Labute approximate surface area is 128 Å². The van der Waals surface area contributed by atoms with Gasteiger partial charge >= 0.3 is 0 Å². The summed E-state index contributed by atoms with van der Waals surface area (Å²) in [5.41, 5.74) is 5.83. The highest BCUT2D eigenvalue weighted by Gasteiger charge is 2.27. The van der Waals surface area contributed by atoms with Crippen LogP contribution in [-0.2, 0) is 0 Å². The first-order chi connectivity index (χ1) is 9.91. The average molecular weight is 312 g/mol. The summed E-state index contributed by atoms with van der Waals surface area (Å²) >= 11 is 5.91. The summed E-state index contributed by atoms with van der Waals surface area (Å²) in [6, 6.07) is 2.47. The number of likely N-dealkylation sites (tertiary alicyclic amines) is 1. The number of hydrogen-bond acceptors (Lipinski definition) is 4. The van der Waals surface area contributed by atoms with Gasteiger partial charge in [-0.25, -0.2) is 0 Å². The second-order valence-corrected chi connectivity index (χ2v) is 5.75. The molecule has 0 spiro atoms. The van der Waals surface area contributed by atoms with Crippen LogP contribution in [0.15, 0.2) is 12.1 Å². The van der Waals surface area contributed by atoms with Crippen molar-refractivity contribution in [3.8, 4) is 0 Å². The molecule has 1 aromatic carbocycles. The number of non-ortho nitro benzene ring substituents is 1. The molecule has 0 aliphatic carbocycles. The van der Waals surface area contributed by atoms with E-state index in [1.54, 1.807) is 4.90 Å². The first kappa shape index (κ1) is 15.6. The van der Waals surface area contributed by atoms with Gasteiger partial charge < -0.3 is 10.6 Å². The molecule has 6 nitrogen and oxygen atoms in total. The average Bonchev–Trinajstić information content (AvgIpc) is 2.65. The Kier molecular flexibility index (Phi) is 4.67. The lowest BCUT2D eigenvalue weighted by Crippen LogP contribution is -2.38. The second-order valence-electron chi connectivity index (χ2n) is 5.34. The van der Waals surface area contributed by atoms with Crippen molar-refractivity contribution in [2.75, 3.05) is 12.3 Å². The van der Waals surface area contributed by atoms with Gasteiger partial charge in [0.1, 0.15) is 0 Å². The normalized spacial score (nSPS) is 19.1. The third kappa shape index (κ3) is 3.26. The highest BCUT2D eigenvalue weighted by molar-refractivity contribution is 6.34. The van der Waals surface area contributed by atoms with E-state index in [1.165, 1.54) is 12.1 Å². The van der Waals surface area contributed by atoms with E-state index >= 15 is 0 Å². The molecule has 1 unspecified atom stereocenters. The van der Waals surface area contributed by atoms with Crippen molar-refractivity contribution in [1.82, 2.24) is 4.90 Å². The minimum absolute atomic E-state index is 0.0371. The maximum Gasteiger partial charge on any atom is 0.271 e. The van der Waals surface area contributed by atoms with Gasteiger partial charge in [-0.15, -0.1) is 0 Å². The van der Waals surface area contributed by atoms with Gasteiger partial charge in [-0.1, -0.05) is 24.4 Å². The maximum atomic E-state index is 12.7. The highest BCUT2D eigenvalue weighted by Crippen LogP contribution is 2.31. The van der Waals surface area contributed by atoms with Crippen LogP contribution in [0.4, 0.5) is 11.4 Å². The number of carbonyl (C=O) groups is 1. The van der Waals surface area contributed by atoms with E-state index in [-0.39, 0.29) is 33.9 Å². The summed E-state index contributed by atoms with van der Waals surface area (Å²) in [7, 11) is 0. The molecule has 1 aliphatic heterocycles. The van der Waals surface area contributed by atoms with Crippen LogP contribution in [0.3, 0.4) is 0 Å². The number of rotatable bonds is 2. The molecule has 2 rings (SSSR count). The Morgan fingerprint density at radius 1 is 1.43 bits per heavy atom. The number of nitro benzene ring substituents is 1. The van der Waals surface area contributed by atoms with E-state index in [9.17, 15) is 14.9 Å². The summed E-state index contributed by atoms with van der Waals surface area (Å²) in [6.07, 6.45) is 4.02. The summed E-state index contributed by atoms with van der Waals surface area (Å²) in [5.74, 6) is -0.285. The van der Waals surface area contributed by atoms with Gasteiger partial charge in [0.05, 0.1) is 21.2 Å². The number of amides is 1. The monoisotopic (exact) mass is 311 g/mol. The molecule has 2 N–H and O–H groups in total. The molecule has 21 heavy (non-hydrogen) atoms. The van der Waals surface area contributed by atoms with Crippen molar-refractivity contribution in [2.24, 2.45) is 0 Å². The number of benzene rings is 1. The Bertz CT molecular complexity index is 577. The number of anilines is 1. The Balaban J connectivity index is 2.39. The van der Waals surface area contributed by atoms with Crippen LogP contribution in [0, 0.1) is 10.1 Å². The fourth-order valence-electron chi connectivity index (χ4n) is 2.62. The Morgan fingerprint density at radius 2 is 2.14 bits per heavy atom. The van der Waals surface area contributed by atoms with E-state index < -0.39 is 4.92 Å². The molecule has 0 saturated carbocycles. The first-order valence-electron chi connectivity index (χ1n) is 6.96. The summed E-state index contributed by atoms with van der Waals surface area (Å²) in [5, 5.41) is 11.0. The number of carbonyl (C=O) groups excluding carboxylic acids is 1. The molecule has 1 atom stereocenters. The minimum atomic E-state index is -0.575. The maximum absolute atomic E-state index is 12.7. The topological polar surface area (TPSA) is 89.5 Å². The van der Waals surface area contributed by atoms with Crippen molar-refractivity contribution in [3.63, 3.8) is 0 Å². The summed E-state index contributed by atoms with van der Waals surface area (Å²) in [4.78, 5) is 24.8. The molecule has 1 amide bonds. The van der Waals surface area contributed by atoms with Gasteiger partial charge in [0.2, 0.25) is 0 Å². The van der Waals surface area contributed by atoms with Gasteiger partial charge in [-0.05, 0) is 19.8 Å². The number of nitrogens with zero attached hydrogens (tertiary/aromatic N) is 2. The zero-order valence-corrected chi connectivity index (χ0v) is 12.6. The molecular weight excluding hydrogens is 294 g/mol. The molecule has 1 aliphatic rings. The number of nitrogens with two attached hydrogens (primary N) is 1. The van der Waals surface area contributed by atoms with Crippen LogP contribution < -0.4 is 5.73 Å². The molecule has 114 valence electrons. The van der Waals surface area contributed by atoms with Crippen molar-refractivity contribution in [2.45, 2.75) is 38.6 Å². The Morgan fingerprint density at radius 3 is 2.81 bits per heavy atom. The van der Waals surface area contributed by atoms with Crippen LogP contribution in [-0.4, -0.2) is 28.3 Å². The molecule has 0 bridgehead atoms. The fraction of sp³-hybridized carbons (Fsp3) is 0.500. The lowest BCUT2D eigenvalue weighted by atomic mass is 10.1. The molecule has 1 aromatic rings. The Hall–Kier alpha value is -1.82. The van der Waals surface area contributed by atoms with E-state index in [2.05, 4.69) is 0 Å². The van der Waals surface area contributed by atoms with Crippen LogP contribution in [0.5, 0.6) is 0 Å². The quantitative estimate of drug-likeness (QED) is 0.516. The fourth-order valence-corrected chi connectivity index (χ4v) is 2.83. The molecular formula is C14H18ClN3O3. The van der Waals surface area contributed by atoms with Gasteiger partial charge in [0, 0.05) is 24.7 Å². The second kappa shape index (κ2) is 6.30. The highest BCUT2D eigenvalue weighted by atomic mass is 35.5. The van der Waals surface area contributed by atoms with Crippen LogP contribution >= 0.6 is 11.6 Å². The van der Waals surface area contributed by atoms with Crippen molar-refractivity contribution in [1.29, 1.82) is 0 Å². The first-order valence-corrected chi connectivity index (χ1v) is 7.34. The summed E-state index contributed by atoms with van der Waals surface area (Å²) in [6.45, 7) is 2.62. The third-order valence-electron chi connectivity index (χ3n) is 3.87. The molecule has 1 fully saturated rings. The SMILES string of the molecule is CC1CCCCCN1C(=O)c1cc([N+](=O)[O-])cc(Cl)c1N. The molecule has 1 heterocycles. The zero-order chi connectivity index (χ0) is 15.6. The lowest BCUT2D eigenvalue weighted by Gasteiger charge is -2.27. The zero-order valence-electron chi connectivity index (χ0n) is 11.8. The van der Waals surface area contributed by atoms with E-state index in [4.69, 9.17) is 17.3 Å².